The monoisotopic (exact) mass is 312 g/mol. The van der Waals surface area contributed by atoms with Crippen molar-refractivity contribution in [1.82, 2.24) is 0 Å². The van der Waals surface area contributed by atoms with E-state index in [1.165, 1.54) is 17.0 Å². The highest BCUT2D eigenvalue weighted by Gasteiger charge is 2.40. The van der Waals surface area contributed by atoms with Crippen LogP contribution in [-0.2, 0) is 9.59 Å². The molecule has 2 aromatic rings. The molecule has 0 aromatic heterocycles. The molecule has 0 radical (unpaired) electrons. The van der Waals surface area contributed by atoms with E-state index in [1.807, 2.05) is 26.0 Å². The number of carbonyl (C=O) groups excluding carboxylic acids is 2. The van der Waals surface area contributed by atoms with Crippen molar-refractivity contribution in [3.05, 3.63) is 59.4 Å². The van der Waals surface area contributed by atoms with Gasteiger partial charge in [0, 0.05) is 5.69 Å². The molecule has 4 nitrogen and oxygen atoms in total. The second-order valence-electron chi connectivity index (χ2n) is 5.69. The van der Waals surface area contributed by atoms with E-state index in [1.54, 1.807) is 18.2 Å². The Hall–Kier alpha value is -2.69. The van der Waals surface area contributed by atoms with E-state index in [4.69, 9.17) is 0 Å². The van der Waals surface area contributed by atoms with Gasteiger partial charge >= 0.3 is 0 Å². The lowest BCUT2D eigenvalue weighted by Gasteiger charge is -2.19. The third-order valence-corrected chi connectivity index (χ3v) is 4.15. The van der Waals surface area contributed by atoms with Gasteiger partial charge in [0.05, 0.1) is 12.1 Å². The maximum absolute atomic E-state index is 12.9. The van der Waals surface area contributed by atoms with E-state index in [0.717, 1.165) is 11.1 Å². The van der Waals surface area contributed by atoms with Crippen LogP contribution in [0, 0.1) is 19.7 Å². The van der Waals surface area contributed by atoms with Gasteiger partial charge in [-0.25, -0.2) is 9.29 Å². The highest BCUT2D eigenvalue weighted by Crippen LogP contribution is 2.29. The predicted molar refractivity (Wildman–Crippen MR) is 86.8 cm³/mol. The summed E-state index contributed by atoms with van der Waals surface area (Å²) in [5, 5.41) is 3.00. The highest BCUT2D eigenvalue weighted by atomic mass is 19.1. The third kappa shape index (κ3) is 2.82. The molecule has 1 fully saturated rings. The fourth-order valence-corrected chi connectivity index (χ4v) is 2.72. The number of nitrogens with zero attached hydrogens (tertiary/aromatic N) is 1. The molecule has 3 rings (SSSR count). The summed E-state index contributed by atoms with van der Waals surface area (Å²) in [6, 6.07) is 10.6. The van der Waals surface area contributed by atoms with Crippen LogP contribution in [0.3, 0.4) is 0 Å². The number of anilines is 2. The molecule has 1 unspecified atom stereocenters. The van der Waals surface area contributed by atoms with Gasteiger partial charge in [0.1, 0.15) is 11.9 Å². The van der Waals surface area contributed by atoms with E-state index in [2.05, 4.69) is 5.32 Å². The smallest absolute Gasteiger partial charge is 0.256 e. The molecule has 5 heteroatoms. The Labute approximate surface area is 133 Å². The lowest BCUT2D eigenvalue weighted by molar-refractivity contribution is -0.121. The van der Waals surface area contributed by atoms with Gasteiger partial charge in [-0.1, -0.05) is 12.1 Å². The molecule has 2 amide bonds. The Kier molecular flexibility index (Phi) is 3.86. The Bertz CT molecular complexity index is 771. The summed E-state index contributed by atoms with van der Waals surface area (Å²) in [5.41, 5.74) is 3.18. The highest BCUT2D eigenvalue weighted by molar-refractivity contribution is 6.23. The number of benzene rings is 2. The predicted octanol–water partition coefficient (Wildman–Crippen LogP) is 3.19. The fraction of sp³-hybridized carbons (Fsp3) is 0.222. The van der Waals surface area contributed by atoms with E-state index in [9.17, 15) is 14.0 Å². The maximum atomic E-state index is 12.9. The molecule has 0 spiro atoms. The van der Waals surface area contributed by atoms with Crippen molar-refractivity contribution in [2.75, 3.05) is 10.2 Å². The molecular formula is C18H17FN2O2. The summed E-state index contributed by atoms with van der Waals surface area (Å²) >= 11 is 0. The summed E-state index contributed by atoms with van der Waals surface area (Å²) < 4.78 is 12.9. The van der Waals surface area contributed by atoms with Crippen LogP contribution in [0.15, 0.2) is 42.5 Å². The Morgan fingerprint density at radius 1 is 1.09 bits per heavy atom. The molecule has 0 bridgehead atoms. The number of imide groups is 1. The molecule has 118 valence electrons. The molecule has 1 saturated heterocycles. The summed E-state index contributed by atoms with van der Waals surface area (Å²) in [7, 11) is 0. The van der Waals surface area contributed by atoms with Gasteiger partial charge < -0.3 is 5.32 Å². The molecule has 1 aliphatic heterocycles. The van der Waals surface area contributed by atoms with Gasteiger partial charge in [0.2, 0.25) is 5.91 Å². The van der Waals surface area contributed by atoms with Gasteiger partial charge in [0.15, 0.2) is 0 Å². The number of amides is 2. The van der Waals surface area contributed by atoms with Crippen molar-refractivity contribution in [3.8, 4) is 0 Å². The van der Waals surface area contributed by atoms with Crippen LogP contribution in [0.5, 0.6) is 0 Å². The Morgan fingerprint density at radius 3 is 2.48 bits per heavy atom. The first kappa shape index (κ1) is 15.2. The van der Waals surface area contributed by atoms with Crippen LogP contribution in [0.4, 0.5) is 15.8 Å². The molecule has 1 aliphatic rings. The van der Waals surface area contributed by atoms with Crippen molar-refractivity contribution >= 4 is 23.2 Å². The molecule has 1 atom stereocenters. The molecule has 2 aromatic carbocycles. The van der Waals surface area contributed by atoms with Crippen LogP contribution < -0.4 is 10.2 Å². The number of nitrogens with one attached hydrogen (secondary N) is 1. The minimum Gasteiger partial charge on any atom is -0.373 e. The average molecular weight is 312 g/mol. The summed E-state index contributed by atoms with van der Waals surface area (Å²) in [6.07, 6.45) is 0.0869. The average Bonchev–Trinajstić information content (AvgIpc) is 2.79. The summed E-state index contributed by atoms with van der Waals surface area (Å²) in [6.45, 7) is 3.84. The number of halogens is 1. The first-order valence-corrected chi connectivity index (χ1v) is 7.42. The number of hydrogen-bond donors (Lipinski definition) is 1. The quantitative estimate of drug-likeness (QED) is 0.886. The number of rotatable bonds is 3. The fourth-order valence-electron chi connectivity index (χ4n) is 2.72. The second kappa shape index (κ2) is 5.83. The number of aryl methyl sites for hydroxylation is 1. The normalized spacial score (nSPS) is 17.7. The van der Waals surface area contributed by atoms with Gasteiger partial charge in [-0.3, -0.25) is 9.59 Å². The zero-order valence-corrected chi connectivity index (χ0v) is 13.0. The van der Waals surface area contributed by atoms with E-state index in [0.29, 0.717) is 11.4 Å². The van der Waals surface area contributed by atoms with Gasteiger partial charge in [0.25, 0.3) is 5.91 Å². The van der Waals surface area contributed by atoms with Crippen LogP contribution in [0.2, 0.25) is 0 Å². The Balaban J connectivity index is 1.85. The molecule has 0 saturated carbocycles. The molecule has 0 aliphatic carbocycles. The first-order chi connectivity index (χ1) is 11.0. The standard InChI is InChI=1S/C18H17FN2O2/c1-11-4-3-5-16(12(11)2)21-17(22)10-15(18(21)23)20-14-8-6-13(19)7-9-14/h3-9,15,20H,10H2,1-2H3. The molecule has 23 heavy (non-hydrogen) atoms. The van der Waals surface area contributed by atoms with Crippen molar-refractivity contribution < 1.29 is 14.0 Å². The van der Waals surface area contributed by atoms with Crippen molar-refractivity contribution in [1.29, 1.82) is 0 Å². The molecule has 1 heterocycles. The minimum absolute atomic E-state index is 0.0869. The van der Waals surface area contributed by atoms with Crippen LogP contribution in [0.1, 0.15) is 17.5 Å². The lowest BCUT2D eigenvalue weighted by atomic mass is 10.1. The van der Waals surface area contributed by atoms with Gasteiger partial charge in [-0.05, 0) is 55.3 Å². The first-order valence-electron chi connectivity index (χ1n) is 7.42. The minimum atomic E-state index is -0.632. The van der Waals surface area contributed by atoms with Crippen molar-refractivity contribution in [3.63, 3.8) is 0 Å². The zero-order chi connectivity index (χ0) is 16.6. The largest absolute Gasteiger partial charge is 0.373 e. The van der Waals surface area contributed by atoms with Crippen molar-refractivity contribution in [2.45, 2.75) is 26.3 Å². The topological polar surface area (TPSA) is 49.4 Å². The number of carbonyl (C=O) groups is 2. The lowest BCUT2D eigenvalue weighted by Crippen LogP contribution is -2.35. The summed E-state index contributed by atoms with van der Waals surface area (Å²) in [5.74, 6) is -0.863. The number of hydrogen-bond acceptors (Lipinski definition) is 3. The summed E-state index contributed by atoms with van der Waals surface area (Å²) in [4.78, 5) is 26.2. The van der Waals surface area contributed by atoms with Crippen LogP contribution in [0.25, 0.3) is 0 Å². The third-order valence-electron chi connectivity index (χ3n) is 4.15. The van der Waals surface area contributed by atoms with Gasteiger partial charge in [-0.15, -0.1) is 0 Å². The molecule has 1 N–H and O–H groups in total. The zero-order valence-electron chi connectivity index (χ0n) is 13.0. The van der Waals surface area contributed by atoms with E-state index in [-0.39, 0.29) is 24.1 Å². The Morgan fingerprint density at radius 2 is 1.78 bits per heavy atom. The SMILES string of the molecule is Cc1cccc(N2C(=O)CC(Nc3ccc(F)cc3)C2=O)c1C. The van der Waals surface area contributed by atoms with E-state index >= 15 is 0 Å². The van der Waals surface area contributed by atoms with Crippen LogP contribution in [-0.4, -0.2) is 17.9 Å². The van der Waals surface area contributed by atoms with Crippen LogP contribution >= 0.6 is 0 Å². The van der Waals surface area contributed by atoms with Crippen molar-refractivity contribution in [2.24, 2.45) is 0 Å². The van der Waals surface area contributed by atoms with Gasteiger partial charge in [-0.2, -0.15) is 0 Å². The van der Waals surface area contributed by atoms with E-state index < -0.39 is 6.04 Å². The molecular weight excluding hydrogens is 295 g/mol. The maximum Gasteiger partial charge on any atom is 0.256 e. The second-order valence-corrected chi connectivity index (χ2v) is 5.69.